The van der Waals surface area contributed by atoms with Crippen LogP contribution in [0, 0.1) is 0 Å². The van der Waals surface area contributed by atoms with E-state index in [4.69, 9.17) is 9.73 Å². The van der Waals surface area contributed by atoms with Crippen molar-refractivity contribution in [1.29, 1.82) is 0 Å². The molecule has 0 aromatic heterocycles. The molecular weight excluding hydrogens is 520 g/mol. The van der Waals surface area contributed by atoms with Crippen LogP contribution in [0.2, 0.25) is 0 Å². The fourth-order valence-electron chi connectivity index (χ4n) is 5.18. The van der Waals surface area contributed by atoms with E-state index in [1.54, 1.807) is 7.11 Å². The first-order chi connectivity index (χ1) is 20.2. The zero-order valence-electron chi connectivity index (χ0n) is 26.0. The Morgan fingerprint density at radius 3 is 2.62 bits per heavy atom. The van der Waals surface area contributed by atoms with Crippen molar-refractivity contribution >= 4 is 22.8 Å². The number of methoxy groups -OCH3 is 1. The van der Waals surface area contributed by atoms with Gasteiger partial charge in [0.05, 0.1) is 24.2 Å². The van der Waals surface area contributed by atoms with Gasteiger partial charge in [0.2, 0.25) is 0 Å². The number of allylic oxidation sites excluding steroid dienone is 6. The highest BCUT2D eigenvalue weighted by molar-refractivity contribution is 6.11. The van der Waals surface area contributed by atoms with Crippen LogP contribution in [0.3, 0.4) is 0 Å². The summed E-state index contributed by atoms with van der Waals surface area (Å²) in [5.74, 6) is 1.92. The normalized spacial score (nSPS) is 19.0. The molecule has 0 spiro atoms. The third-order valence-electron chi connectivity index (χ3n) is 7.99. The fourth-order valence-corrected chi connectivity index (χ4v) is 5.18. The van der Waals surface area contributed by atoms with E-state index in [2.05, 4.69) is 85.3 Å². The minimum atomic E-state index is 0.353. The second kappa shape index (κ2) is 14.1. The fraction of sp³-hybridized carbons (Fsp3) is 0.343. The Balaban J connectivity index is 1.61. The molecule has 4 rings (SSSR count). The summed E-state index contributed by atoms with van der Waals surface area (Å²) in [4.78, 5) is 7.36. The molecule has 1 aliphatic carbocycles. The van der Waals surface area contributed by atoms with Gasteiger partial charge in [-0.15, -0.1) is 0 Å². The molecule has 2 aromatic rings. The number of hydrogen-bond donors (Lipinski definition) is 3. The van der Waals surface area contributed by atoms with E-state index in [1.807, 2.05) is 55.4 Å². The molecule has 2 atom stereocenters. The number of benzene rings is 2. The van der Waals surface area contributed by atoms with Crippen molar-refractivity contribution in [1.82, 2.24) is 10.3 Å². The SMILES string of the molecule is C=C1C=CC=C/C1=N/C(NN(C)c1cccc(NC(=C)C2CCCN2C)c1)=C(\C)Nc1cc(OC)cc(C(C)CC)c1. The molecule has 1 heterocycles. The summed E-state index contributed by atoms with van der Waals surface area (Å²) < 4.78 is 5.62. The first kappa shape index (κ1) is 30.7. The molecule has 1 saturated heterocycles. The lowest BCUT2D eigenvalue weighted by molar-refractivity contribution is 0.346. The molecule has 42 heavy (non-hydrogen) atoms. The topological polar surface area (TPSA) is 64.2 Å². The molecule has 7 heteroatoms. The molecule has 3 N–H and O–H groups in total. The van der Waals surface area contributed by atoms with Gasteiger partial charge < -0.3 is 15.4 Å². The minimum Gasteiger partial charge on any atom is -0.497 e. The largest absolute Gasteiger partial charge is 0.497 e. The molecule has 1 fully saturated rings. The first-order valence-electron chi connectivity index (χ1n) is 14.7. The van der Waals surface area contributed by atoms with Crippen LogP contribution >= 0.6 is 0 Å². The van der Waals surface area contributed by atoms with Crippen LogP contribution in [0.1, 0.15) is 51.5 Å². The highest BCUT2D eigenvalue weighted by atomic mass is 16.5. The van der Waals surface area contributed by atoms with Crippen molar-refractivity contribution in [3.8, 4) is 5.75 Å². The van der Waals surface area contributed by atoms with Crippen molar-refractivity contribution in [2.75, 3.05) is 43.4 Å². The highest BCUT2D eigenvalue weighted by Crippen LogP contribution is 2.29. The number of hydrogen-bond acceptors (Lipinski definition) is 7. The van der Waals surface area contributed by atoms with Gasteiger partial charge in [-0.2, -0.15) is 0 Å². The summed E-state index contributed by atoms with van der Waals surface area (Å²) in [5, 5.41) is 9.08. The lowest BCUT2D eigenvalue weighted by atomic mass is 9.98. The van der Waals surface area contributed by atoms with Gasteiger partial charge in [-0.05, 0) is 93.2 Å². The second-order valence-corrected chi connectivity index (χ2v) is 11.2. The van der Waals surface area contributed by atoms with Gasteiger partial charge in [-0.3, -0.25) is 15.3 Å². The highest BCUT2D eigenvalue weighted by Gasteiger charge is 2.23. The third kappa shape index (κ3) is 7.74. The smallest absolute Gasteiger partial charge is 0.164 e. The van der Waals surface area contributed by atoms with Crippen LogP contribution in [0.15, 0.2) is 108 Å². The third-order valence-corrected chi connectivity index (χ3v) is 7.99. The number of hydrazine groups is 1. The lowest BCUT2D eigenvalue weighted by Crippen LogP contribution is -2.34. The maximum Gasteiger partial charge on any atom is 0.164 e. The van der Waals surface area contributed by atoms with Gasteiger partial charge in [0.15, 0.2) is 5.82 Å². The van der Waals surface area contributed by atoms with Crippen molar-refractivity contribution in [2.45, 2.75) is 52.0 Å². The summed E-state index contributed by atoms with van der Waals surface area (Å²) in [5.41, 5.74) is 11.2. The van der Waals surface area contributed by atoms with Crippen LogP contribution < -0.4 is 25.8 Å². The molecule has 0 radical (unpaired) electrons. The summed E-state index contributed by atoms with van der Waals surface area (Å²) in [6.45, 7) is 16.1. The molecule has 222 valence electrons. The molecule has 0 bridgehead atoms. The summed E-state index contributed by atoms with van der Waals surface area (Å²) in [6.07, 6.45) is 11.3. The first-order valence-corrected chi connectivity index (χ1v) is 14.7. The van der Waals surface area contributed by atoms with Crippen molar-refractivity contribution in [3.05, 3.63) is 108 Å². The van der Waals surface area contributed by atoms with Gasteiger partial charge in [0.25, 0.3) is 0 Å². The van der Waals surface area contributed by atoms with Gasteiger partial charge >= 0.3 is 0 Å². The molecular formula is C35H46N6O. The molecule has 2 aliphatic rings. The van der Waals surface area contributed by atoms with Crippen LogP contribution in [0.4, 0.5) is 17.1 Å². The van der Waals surface area contributed by atoms with Crippen molar-refractivity contribution in [2.24, 2.45) is 4.99 Å². The number of nitrogens with one attached hydrogen (secondary N) is 3. The van der Waals surface area contributed by atoms with E-state index in [-0.39, 0.29) is 0 Å². The van der Waals surface area contributed by atoms with E-state index in [9.17, 15) is 0 Å². The Labute approximate surface area is 252 Å². The zero-order chi connectivity index (χ0) is 30.2. The van der Waals surface area contributed by atoms with Gasteiger partial charge in [-0.25, -0.2) is 4.99 Å². The average Bonchev–Trinajstić information content (AvgIpc) is 3.43. The predicted molar refractivity (Wildman–Crippen MR) is 179 cm³/mol. The van der Waals surface area contributed by atoms with E-state index in [0.29, 0.717) is 17.8 Å². The van der Waals surface area contributed by atoms with E-state index >= 15 is 0 Å². The molecule has 2 unspecified atom stereocenters. The van der Waals surface area contributed by atoms with E-state index in [1.165, 1.54) is 12.0 Å². The van der Waals surface area contributed by atoms with Gasteiger partial charge in [0.1, 0.15) is 5.75 Å². The summed E-state index contributed by atoms with van der Waals surface area (Å²) in [6, 6.07) is 15.0. The Morgan fingerprint density at radius 1 is 1.14 bits per heavy atom. The van der Waals surface area contributed by atoms with Gasteiger partial charge in [0, 0.05) is 36.2 Å². The number of rotatable bonds is 12. The van der Waals surface area contributed by atoms with Crippen molar-refractivity contribution < 1.29 is 4.74 Å². The number of likely N-dealkylation sites (tertiary alicyclic amines) is 1. The summed E-state index contributed by atoms with van der Waals surface area (Å²) in [7, 11) is 5.85. The molecule has 7 nitrogen and oxygen atoms in total. The number of aliphatic imine (C=N–C) groups is 1. The number of ether oxygens (including phenoxy) is 1. The maximum absolute atomic E-state index is 5.62. The quantitative estimate of drug-likeness (QED) is 0.230. The lowest BCUT2D eigenvalue weighted by Gasteiger charge is -2.26. The van der Waals surface area contributed by atoms with Crippen LogP contribution in [-0.2, 0) is 0 Å². The monoisotopic (exact) mass is 566 g/mol. The molecule has 1 aliphatic heterocycles. The molecule has 0 amide bonds. The number of likely N-dealkylation sites (N-methyl/N-ethyl adjacent to an activating group) is 1. The van der Waals surface area contributed by atoms with E-state index in [0.717, 1.165) is 64.9 Å². The van der Waals surface area contributed by atoms with Crippen molar-refractivity contribution in [3.63, 3.8) is 0 Å². The number of anilines is 3. The van der Waals surface area contributed by atoms with Gasteiger partial charge in [-0.1, -0.05) is 51.3 Å². The van der Waals surface area contributed by atoms with Crippen LogP contribution in [0.25, 0.3) is 0 Å². The average molecular weight is 567 g/mol. The molecule has 0 saturated carbocycles. The molecule has 2 aromatic carbocycles. The standard InChI is InChI=1S/C35H46N6O/c1-9-24(2)28-20-30(23-32(21-28)42-8)37-27(5)35(38-33-17-11-10-14-25(33)3)39-41(7)31-16-12-15-29(22-31)36-26(4)34-18-13-19-40(34)6/h10-12,14-17,20-24,34,36-37,39H,3-4,9,13,18-19H2,1-2,5-8H3/b35-27-,38-33-. The van der Waals surface area contributed by atoms with E-state index < -0.39 is 0 Å². The summed E-state index contributed by atoms with van der Waals surface area (Å²) >= 11 is 0. The number of nitrogens with zero attached hydrogens (tertiary/aromatic N) is 3. The predicted octanol–water partition coefficient (Wildman–Crippen LogP) is 7.59. The second-order valence-electron chi connectivity index (χ2n) is 11.2. The Morgan fingerprint density at radius 2 is 1.93 bits per heavy atom. The van der Waals surface area contributed by atoms with Crippen LogP contribution in [0.5, 0.6) is 5.75 Å². The maximum atomic E-state index is 5.62. The Kier molecular flexibility index (Phi) is 10.3. The Hall–Kier alpha value is -4.23. The zero-order valence-corrected chi connectivity index (χ0v) is 26.0. The van der Waals surface area contributed by atoms with Crippen LogP contribution in [-0.4, -0.2) is 44.4 Å². The Bertz CT molecular complexity index is 1420. The minimum absolute atomic E-state index is 0.353.